The molecule has 3 nitrogen and oxygen atoms in total. The number of thioether (sulfide) groups is 1. The van der Waals surface area contributed by atoms with Gasteiger partial charge in [-0.25, -0.2) is 0 Å². The normalized spacial score (nSPS) is 20.6. The zero-order valence-corrected chi connectivity index (χ0v) is 13.8. The highest BCUT2D eigenvalue weighted by Gasteiger charge is 2.39. The van der Waals surface area contributed by atoms with Crippen LogP contribution in [0.5, 0.6) is 0 Å². The smallest absolute Gasteiger partial charge is 0.252 e. The van der Waals surface area contributed by atoms with E-state index in [0.717, 1.165) is 16.9 Å². The molecule has 1 heterocycles. The van der Waals surface area contributed by atoms with Gasteiger partial charge in [-0.3, -0.25) is 4.79 Å². The third kappa shape index (κ3) is 3.77. The second-order valence-electron chi connectivity index (χ2n) is 5.92. The van der Waals surface area contributed by atoms with Crippen molar-refractivity contribution in [3.05, 3.63) is 71.8 Å². The Labute approximate surface area is 141 Å². The summed E-state index contributed by atoms with van der Waals surface area (Å²) in [6.07, 6.45) is 0.533. The average molecular weight is 327 g/mol. The summed E-state index contributed by atoms with van der Waals surface area (Å²) in [6, 6.07) is 20.3. The molecular weight excluding hydrogens is 306 g/mol. The molecule has 2 N–H and O–H groups in total. The second-order valence-corrected chi connectivity index (χ2v) is 7.02. The van der Waals surface area contributed by atoms with Gasteiger partial charge in [0.25, 0.3) is 5.91 Å². The molecule has 1 atom stereocenters. The van der Waals surface area contributed by atoms with E-state index in [-0.39, 0.29) is 11.8 Å². The van der Waals surface area contributed by atoms with Crippen LogP contribution in [0.2, 0.25) is 0 Å². The summed E-state index contributed by atoms with van der Waals surface area (Å²) in [5, 5.41) is 13.3. The van der Waals surface area contributed by atoms with Gasteiger partial charge >= 0.3 is 0 Å². The first-order valence-corrected chi connectivity index (χ1v) is 9.03. The molecule has 4 heteroatoms. The van der Waals surface area contributed by atoms with Gasteiger partial charge < -0.3 is 10.4 Å². The summed E-state index contributed by atoms with van der Waals surface area (Å²) in [7, 11) is 0. The van der Waals surface area contributed by atoms with Gasteiger partial charge in [-0.1, -0.05) is 60.7 Å². The number of carbonyl (C=O) groups is 1. The van der Waals surface area contributed by atoms with Crippen molar-refractivity contribution in [3.8, 4) is 0 Å². The maximum Gasteiger partial charge on any atom is 0.252 e. The van der Waals surface area contributed by atoms with Gasteiger partial charge in [-0.15, -0.1) is 0 Å². The molecule has 1 amide bonds. The molecule has 0 radical (unpaired) electrons. The minimum absolute atomic E-state index is 0.0824. The molecule has 23 heavy (non-hydrogen) atoms. The van der Waals surface area contributed by atoms with Crippen LogP contribution >= 0.6 is 11.8 Å². The first-order valence-electron chi connectivity index (χ1n) is 7.87. The number of rotatable bonds is 5. The number of nitrogens with one attached hydrogen (secondary N) is 1. The highest BCUT2D eigenvalue weighted by molar-refractivity contribution is 7.99. The van der Waals surface area contributed by atoms with E-state index in [1.807, 2.05) is 36.4 Å². The SMILES string of the molecule is O=C(NCC(c1ccccc1)c1ccccc1)C1(O)CCSC1. The third-order valence-corrected chi connectivity index (χ3v) is 5.47. The van der Waals surface area contributed by atoms with Gasteiger partial charge in [0, 0.05) is 18.2 Å². The van der Waals surface area contributed by atoms with E-state index >= 15 is 0 Å². The largest absolute Gasteiger partial charge is 0.379 e. The Balaban J connectivity index is 1.76. The van der Waals surface area contributed by atoms with Gasteiger partial charge in [0.15, 0.2) is 5.60 Å². The molecule has 0 aromatic heterocycles. The first kappa shape index (κ1) is 16.1. The highest BCUT2D eigenvalue weighted by Crippen LogP contribution is 2.29. The van der Waals surface area contributed by atoms with Crippen molar-refractivity contribution < 1.29 is 9.90 Å². The van der Waals surface area contributed by atoms with Gasteiger partial charge in [0.2, 0.25) is 0 Å². The Morgan fingerprint density at radius 3 is 2.13 bits per heavy atom. The minimum Gasteiger partial charge on any atom is -0.379 e. The monoisotopic (exact) mass is 327 g/mol. The number of hydrogen-bond donors (Lipinski definition) is 2. The summed E-state index contributed by atoms with van der Waals surface area (Å²) in [5.74, 6) is 1.16. The number of amides is 1. The fourth-order valence-electron chi connectivity index (χ4n) is 2.89. The van der Waals surface area contributed by atoms with Gasteiger partial charge in [0.1, 0.15) is 0 Å². The lowest BCUT2D eigenvalue weighted by Gasteiger charge is -2.24. The predicted molar refractivity (Wildman–Crippen MR) is 94.6 cm³/mol. The zero-order valence-electron chi connectivity index (χ0n) is 12.9. The molecule has 1 saturated heterocycles. The van der Waals surface area contributed by atoms with Crippen molar-refractivity contribution in [2.24, 2.45) is 0 Å². The van der Waals surface area contributed by atoms with Crippen LogP contribution in [0.4, 0.5) is 0 Å². The van der Waals surface area contributed by atoms with E-state index in [9.17, 15) is 9.90 Å². The predicted octanol–water partition coefficient (Wildman–Crippen LogP) is 2.80. The van der Waals surface area contributed by atoms with E-state index in [0.29, 0.717) is 18.7 Å². The molecule has 120 valence electrons. The Hall–Kier alpha value is -1.78. The summed E-state index contributed by atoms with van der Waals surface area (Å²) in [6.45, 7) is 0.486. The van der Waals surface area contributed by atoms with Gasteiger partial charge in [0.05, 0.1) is 0 Å². The molecule has 1 aliphatic heterocycles. The summed E-state index contributed by atoms with van der Waals surface area (Å²) >= 11 is 1.63. The quantitative estimate of drug-likeness (QED) is 0.888. The van der Waals surface area contributed by atoms with Crippen molar-refractivity contribution in [1.82, 2.24) is 5.32 Å². The van der Waals surface area contributed by atoms with Gasteiger partial charge in [-0.2, -0.15) is 11.8 Å². The van der Waals surface area contributed by atoms with Crippen LogP contribution in [-0.4, -0.2) is 34.7 Å². The van der Waals surface area contributed by atoms with Crippen LogP contribution in [0, 0.1) is 0 Å². The van der Waals surface area contributed by atoms with Crippen LogP contribution in [0.3, 0.4) is 0 Å². The van der Waals surface area contributed by atoms with Crippen molar-refractivity contribution in [2.75, 3.05) is 18.1 Å². The fraction of sp³-hybridized carbons (Fsp3) is 0.316. The number of benzene rings is 2. The number of hydrogen-bond acceptors (Lipinski definition) is 3. The van der Waals surface area contributed by atoms with Crippen LogP contribution in [0.25, 0.3) is 0 Å². The van der Waals surface area contributed by atoms with E-state index in [1.165, 1.54) is 0 Å². The van der Waals surface area contributed by atoms with E-state index in [1.54, 1.807) is 11.8 Å². The van der Waals surface area contributed by atoms with Crippen molar-refractivity contribution in [3.63, 3.8) is 0 Å². The number of carbonyl (C=O) groups excluding carboxylic acids is 1. The lowest BCUT2D eigenvalue weighted by atomic mass is 9.91. The lowest BCUT2D eigenvalue weighted by molar-refractivity contribution is -0.137. The molecule has 1 fully saturated rings. The molecule has 2 aromatic carbocycles. The van der Waals surface area contributed by atoms with Crippen LogP contribution in [0.15, 0.2) is 60.7 Å². The minimum atomic E-state index is -1.21. The maximum absolute atomic E-state index is 12.4. The van der Waals surface area contributed by atoms with E-state index in [4.69, 9.17) is 0 Å². The van der Waals surface area contributed by atoms with E-state index < -0.39 is 5.60 Å². The molecule has 0 spiro atoms. The van der Waals surface area contributed by atoms with E-state index in [2.05, 4.69) is 29.6 Å². The van der Waals surface area contributed by atoms with Gasteiger partial charge in [-0.05, 0) is 23.3 Å². The molecule has 3 rings (SSSR count). The summed E-state index contributed by atoms with van der Waals surface area (Å²) in [4.78, 5) is 12.4. The third-order valence-electron chi connectivity index (χ3n) is 4.29. The second kappa shape index (κ2) is 7.20. The first-order chi connectivity index (χ1) is 11.2. The van der Waals surface area contributed by atoms with Crippen molar-refractivity contribution in [2.45, 2.75) is 17.9 Å². The molecule has 0 saturated carbocycles. The summed E-state index contributed by atoms with van der Waals surface area (Å²) < 4.78 is 0. The Bertz CT molecular complexity index is 599. The Morgan fingerprint density at radius 2 is 1.65 bits per heavy atom. The summed E-state index contributed by atoms with van der Waals surface area (Å²) in [5.41, 5.74) is 1.11. The Morgan fingerprint density at radius 1 is 1.09 bits per heavy atom. The zero-order chi connectivity index (χ0) is 16.1. The highest BCUT2D eigenvalue weighted by atomic mass is 32.2. The molecule has 0 bridgehead atoms. The molecule has 0 aliphatic carbocycles. The number of aliphatic hydroxyl groups is 1. The van der Waals surface area contributed by atoms with Crippen molar-refractivity contribution in [1.29, 1.82) is 0 Å². The maximum atomic E-state index is 12.4. The molecule has 1 aliphatic rings. The van der Waals surface area contributed by atoms with Crippen molar-refractivity contribution >= 4 is 17.7 Å². The molecular formula is C19H21NO2S. The lowest BCUT2D eigenvalue weighted by Crippen LogP contribution is -2.48. The van der Waals surface area contributed by atoms with Crippen LogP contribution in [-0.2, 0) is 4.79 Å². The topological polar surface area (TPSA) is 49.3 Å². The Kier molecular flexibility index (Phi) is 5.03. The molecule has 1 unspecified atom stereocenters. The fourth-order valence-corrected chi connectivity index (χ4v) is 4.13. The van der Waals surface area contributed by atoms with Crippen LogP contribution < -0.4 is 5.32 Å². The molecule has 2 aromatic rings. The van der Waals surface area contributed by atoms with Crippen LogP contribution in [0.1, 0.15) is 23.5 Å². The standard InChI is InChI=1S/C19H21NO2S/c21-18(19(22)11-12-23-14-19)20-13-17(15-7-3-1-4-8-15)16-9-5-2-6-10-16/h1-10,17,22H,11-14H2,(H,20,21). The average Bonchev–Trinajstić information content (AvgIpc) is 3.05.